The van der Waals surface area contributed by atoms with Gasteiger partial charge in [-0.1, -0.05) is 0 Å². The van der Waals surface area contributed by atoms with Gasteiger partial charge in [0.25, 0.3) is 0 Å². The number of hydrogen-bond acceptors (Lipinski definition) is 6. The number of anilines is 2. The topological polar surface area (TPSA) is 118 Å². The molecule has 1 fully saturated rings. The van der Waals surface area contributed by atoms with Gasteiger partial charge in [-0.15, -0.1) is 0 Å². The Bertz CT molecular complexity index is 774. The first-order valence-electron chi connectivity index (χ1n) is 8.22. The fourth-order valence-corrected chi connectivity index (χ4v) is 2.68. The molecule has 9 nitrogen and oxygen atoms in total. The second-order valence-corrected chi connectivity index (χ2v) is 6.04. The van der Waals surface area contributed by atoms with E-state index in [1.54, 1.807) is 37.6 Å². The Morgan fingerprint density at radius 2 is 2.08 bits per heavy atom. The van der Waals surface area contributed by atoms with Crippen molar-refractivity contribution >= 4 is 23.2 Å². The highest BCUT2D eigenvalue weighted by molar-refractivity contribution is 5.95. The molecule has 2 amide bonds. The summed E-state index contributed by atoms with van der Waals surface area (Å²) in [4.78, 5) is 24.2. The molecule has 138 valence electrons. The molecule has 1 aromatic heterocycles. The quantitative estimate of drug-likeness (QED) is 0.585. The van der Waals surface area contributed by atoms with E-state index >= 15 is 0 Å². The smallest absolute Gasteiger partial charge is 0.246 e. The van der Waals surface area contributed by atoms with Crippen molar-refractivity contribution in [1.29, 1.82) is 0 Å². The van der Waals surface area contributed by atoms with E-state index in [4.69, 9.17) is 4.74 Å². The molecule has 1 aliphatic rings. The summed E-state index contributed by atoms with van der Waals surface area (Å²) >= 11 is 0. The molecule has 1 aliphatic heterocycles. The standard InChI is InChI=1S/C17H21N5O4/c1-26-14-4-2-11(3-5-14)20-16(24)10-22-9-12(7-19-22)21-17(25)15-6-13(23)8-18-15/h2-5,7,9,13,15,18,23H,6,8,10H2,1H3,(H,20,24)(H,21,25). The highest BCUT2D eigenvalue weighted by Gasteiger charge is 2.28. The number of ether oxygens (including phenoxy) is 1. The maximum Gasteiger partial charge on any atom is 0.246 e. The number of aliphatic hydroxyl groups is 1. The van der Waals surface area contributed by atoms with Crippen LogP contribution in [-0.4, -0.2) is 52.5 Å². The van der Waals surface area contributed by atoms with Gasteiger partial charge in [0.05, 0.1) is 31.1 Å². The van der Waals surface area contributed by atoms with E-state index in [2.05, 4.69) is 21.0 Å². The Kier molecular flexibility index (Phi) is 5.49. The van der Waals surface area contributed by atoms with Crippen molar-refractivity contribution in [3.63, 3.8) is 0 Å². The Morgan fingerprint density at radius 3 is 2.73 bits per heavy atom. The molecule has 9 heteroatoms. The predicted molar refractivity (Wildman–Crippen MR) is 94.9 cm³/mol. The summed E-state index contributed by atoms with van der Waals surface area (Å²) in [6, 6.07) is 6.57. The molecule has 2 unspecified atom stereocenters. The highest BCUT2D eigenvalue weighted by Crippen LogP contribution is 2.15. The first-order valence-corrected chi connectivity index (χ1v) is 8.22. The second kappa shape index (κ2) is 7.98. The van der Waals surface area contributed by atoms with Gasteiger partial charge in [0.2, 0.25) is 11.8 Å². The van der Waals surface area contributed by atoms with E-state index in [9.17, 15) is 14.7 Å². The third-order valence-corrected chi connectivity index (χ3v) is 4.00. The molecule has 3 rings (SSSR count). The maximum atomic E-state index is 12.1. The Labute approximate surface area is 150 Å². The number of benzene rings is 1. The van der Waals surface area contributed by atoms with Gasteiger partial charge < -0.3 is 25.8 Å². The van der Waals surface area contributed by atoms with Crippen molar-refractivity contribution in [3.05, 3.63) is 36.7 Å². The lowest BCUT2D eigenvalue weighted by Crippen LogP contribution is -2.35. The van der Waals surface area contributed by atoms with Gasteiger partial charge in [0.15, 0.2) is 0 Å². The molecular formula is C17H21N5O4. The lowest BCUT2D eigenvalue weighted by molar-refractivity contribution is -0.118. The molecule has 2 atom stereocenters. The highest BCUT2D eigenvalue weighted by atomic mass is 16.5. The van der Waals surface area contributed by atoms with Gasteiger partial charge in [0, 0.05) is 18.4 Å². The number of β-amino-alcohol motifs (C(OH)–C–C–N with tert-alkyl or cyclic N) is 1. The molecule has 1 aromatic carbocycles. The number of nitrogens with zero attached hydrogens (tertiary/aromatic N) is 2. The Hall–Kier alpha value is -2.91. The van der Waals surface area contributed by atoms with Crippen LogP contribution in [0.1, 0.15) is 6.42 Å². The van der Waals surface area contributed by atoms with Crippen LogP contribution < -0.4 is 20.7 Å². The van der Waals surface area contributed by atoms with Gasteiger partial charge in [-0.3, -0.25) is 14.3 Å². The van der Waals surface area contributed by atoms with Gasteiger partial charge in [-0.25, -0.2) is 0 Å². The van der Waals surface area contributed by atoms with Gasteiger partial charge in [-0.05, 0) is 30.7 Å². The molecular weight excluding hydrogens is 338 g/mol. The average Bonchev–Trinajstić information content (AvgIpc) is 3.24. The first-order chi connectivity index (χ1) is 12.5. The summed E-state index contributed by atoms with van der Waals surface area (Å²) in [6.45, 7) is 0.422. The number of aliphatic hydroxyl groups excluding tert-OH is 1. The van der Waals surface area contributed by atoms with E-state index < -0.39 is 12.1 Å². The average molecular weight is 359 g/mol. The summed E-state index contributed by atoms with van der Waals surface area (Å²) in [6.07, 6.45) is 2.93. The minimum Gasteiger partial charge on any atom is -0.497 e. The fourth-order valence-electron chi connectivity index (χ4n) is 2.68. The monoisotopic (exact) mass is 359 g/mol. The van der Waals surface area contributed by atoms with Gasteiger partial charge in [0.1, 0.15) is 12.3 Å². The molecule has 0 saturated carbocycles. The fraction of sp³-hybridized carbons (Fsp3) is 0.353. The maximum absolute atomic E-state index is 12.1. The van der Waals surface area contributed by atoms with Crippen molar-refractivity contribution in [1.82, 2.24) is 15.1 Å². The number of rotatable bonds is 6. The van der Waals surface area contributed by atoms with E-state index in [-0.39, 0.29) is 18.4 Å². The zero-order chi connectivity index (χ0) is 18.5. The Balaban J connectivity index is 1.50. The zero-order valence-electron chi connectivity index (χ0n) is 14.3. The number of carbonyl (C=O) groups excluding carboxylic acids is 2. The van der Waals surface area contributed by atoms with E-state index in [0.29, 0.717) is 30.1 Å². The van der Waals surface area contributed by atoms with Crippen molar-refractivity contribution in [2.24, 2.45) is 0 Å². The molecule has 0 radical (unpaired) electrons. The number of methoxy groups -OCH3 is 1. The number of amides is 2. The van der Waals surface area contributed by atoms with Crippen LogP contribution in [0.25, 0.3) is 0 Å². The largest absolute Gasteiger partial charge is 0.497 e. The minimum absolute atomic E-state index is 0.0162. The summed E-state index contributed by atoms with van der Waals surface area (Å²) < 4.78 is 6.50. The van der Waals surface area contributed by atoms with Crippen molar-refractivity contribution in [2.75, 3.05) is 24.3 Å². The van der Waals surface area contributed by atoms with Gasteiger partial charge >= 0.3 is 0 Å². The number of carbonyl (C=O) groups is 2. The minimum atomic E-state index is -0.505. The first kappa shape index (κ1) is 17.9. The molecule has 0 bridgehead atoms. The van der Waals surface area contributed by atoms with Crippen LogP contribution in [0.4, 0.5) is 11.4 Å². The molecule has 2 aromatic rings. The number of aromatic nitrogens is 2. The van der Waals surface area contributed by atoms with Crippen LogP contribution in [0, 0.1) is 0 Å². The number of nitrogens with one attached hydrogen (secondary N) is 3. The summed E-state index contributed by atoms with van der Waals surface area (Å²) in [5.74, 6) is 0.236. The number of hydrogen-bond donors (Lipinski definition) is 4. The van der Waals surface area contributed by atoms with Crippen molar-refractivity contribution in [2.45, 2.75) is 25.1 Å². The molecule has 0 spiro atoms. The second-order valence-electron chi connectivity index (χ2n) is 6.04. The van der Waals surface area contributed by atoms with Crippen LogP contribution in [0.3, 0.4) is 0 Å². The third-order valence-electron chi connectivity index (χ3n) is 4.00. The van der Waals surface area contributed by atoms with Crippen LogP contribution in [0.5, 0.6) is 5.75 Å². The third kappa shape index (κ3) is 4.58. The van der Waals surface area contributed by atoms with E-state index in [1.807, 2.05) is 0 Å². The van der Waals surface area contributed by atoms with Crippen LogP contribution in [-0.2, 0) is 16.1 Å². The molecule has 0 aliphatic carbocycles. The van der Waals surface area contributed by atoms with E-state index in [1.165, 1.54) is 10.9 Å². The predicted octanol–water partition coefficient (Wildman–Crippen LogP) is 0.192. The van der Waals surface area contributed by atoms with Crippen LogP contribution in [0.2, 0.25) is 0 Å². The van der Waals surface area contributed by atoms with Gasteiger partial charge in [-0.2, -0.15) is 5.10 Å². The van der Waals surface area contributed by atoms with Crippen LogP contribution in [0.15, 0.2) is 36.7 Å². The lowest BCUT2D eigenvalue weighted by atomic mass is 10.2. The van der Waals surface area contributed by atoms with E-state index in [0.717, 1.165) is 0 Å². The lowest BCUT2D eigenvalue weighted by Gasteiger charge is -2.09. The summed E-state index contributed by atoms with van der Waals surface area (Å²) in [7, 11) is 1.58. The summed E-state index contributed by atoms with van der Waals surface area (Å²) in [5.41, 5.74) is 1.15. The molecule has 26 heavy (non-hydrogen) atoms. The zero-order valence-corrected chi connectivity index (χ0v) is 14.3. The van der Waals surface area contributed by atoms with Crippen LogP contribution >= 0.6 is 0 Å². The summed E-state index contributed by atoms with van der Waals surface area (Å²) in [5, 5.41) is 21.9. The molecule has 4 N–H and O–H groups in total. The SMILES string of the molecule is COc1ccc(NC(=O)Cn2cc(NC(=O)C3CC(O)CN3)cn2)cc1. The Morgan fingerprint density at radius 1 is 1.31 bits per heavy atom. The normalized spacial score (nSPS) is 19.2. The van der Waals surface area contributed by atoms with Crippen molar-refractivity contribution < 1.29 is 19.4 Å². The molecule has 1 saturated heterocycles. The molecule has 2 heterocycles. The van der Waals surface area contributed by atoms with Crippen molar-refractivity contribution in [3.8, 4) is 5.75 Å².